The van der Waals surface area contributed by atoms with Crippen molar-refractivity contribution < 1.29 is 13.2 Å². The first-order valence-electron chi connectivity index (χ1n) is 7.28. The van der Waals surface area contributed by atoms with Crippen molar-refractivity contribution >= 4 is 25.6 Å². The van der Waals surface area contributed by atoms with Crippen molar-refractivity contribution in [1.82, 2.24) is 5.32 Å². The second-order valence-corrected chi connectivity index (χ2v) is 7.55. The first kappa shape index (κ1) is 18.0. The van der Waals surface area contributed by atoms with E-state index in [0.717, 1.165) is 12.8 Å². The Morgan fingerprint density at radius 3 is 2.19 bits per heavy atom. The van der Waals surface area contributed by atoms with Crippen LogP contribution in [0.1, 0.15) is 55.8 Å². The summed E-state index contributed by atoms with van der Waals surface area (Å²) in [5.41, 5.74) is 0.435. The third-order valence-electron chi connectivity index (χ3n) is 3.21. The molecule has 0 heterocycles. The van der Waals surface area contributed by atoms with Crippen LogP contribution >= 0.6 is 10.7 Å². The van der Waals surface area contributed by atoms with Gasteiger partial charge in [-0.1, -0.05) is 39.0 Å². The first-order valence-corrected chi connectivity index (χ1v) is 9.59. The second kappa shape index (κ2) is 9.05. The van der Waals surface area contributed by atoms with Gasteiger partial charge in [0.2, 0.25) is 0 Å². The van der Waals surface area contributed by atoms with Crippen molar-refractivity contribution in [2.75, 3.05) is 6.54 Å². The minimum Gasteiger partial charge on any atom is -0.352 e. The zero-order valence-electron chi connectivity index (χ0n) is 12.3. The van der Waals surface area contributed by atoms with Gasteiger partial charge in [-0.2, -0.15) is 0 Å². The molecule has 0 aliphatic carbocycles. The highest BCUT2D eigenvalue weighted by molar-refractivity contribution is 8.13. The number of amides is 1. The van der Waals surface area contributed by atoms with E-state index in [0.29, 0.717) is 12.1 Å². The van der Waals surface area contributed by atoms with Crippen molar-refractivity contribution in [2.24, 2.45) is 0 Å². The van der Waals surface area contributed by atoms with Crippen LogP contribution in [-0.4, -0.2) is 20.9 Å². The molecule has 0 spiro atoms. The third-order valence-corrected chi connectivity index (χ3v) is 4.58. The number of hydrogen-bond acceptors (Lipinski definition) is 3. The fourth-order valence-electron chi connectivity index (χ4n) is 1.98. The van der Waals surface area contributed by atoms with E-state index in [4.69, 9.17) is 10.7 Å². The molecule has 1 amide bonds. The molecule has 6 heteroatoms. The second-order valence-electron chi connectivity index (χ2n) is 4.99. The summed E-state index contributed by atoms with van der Waals surface area (Å²) in [5, 5.41) is 2.83. The van der Waals surface area contributed by atoms with E-state index in [9.17, 15) is 13.2 Å². The summed E-state index contributed by atoms with van der Waals surface area (Å²) >= 11 is 0. The van der Waals surface area contributed by atoms with E-state index >= 15 is 0 Å². The summed E-state index contributed by atoms with van der Waals surface area (Å²) in [7, 11) is 1.48. The van der Waals surface area contributed by atoms with Gasteiger partial charge in [0.15, 0.2) is 0 Å². The molecule has 0 unspecified atom stereocenters. The highest BCUT2D eigenvalue weighted by Gasteiger charge is 2.11. The molecule has 1 aromatic rings. The fraction of sp³-hybridized carbons (Fsp3) is 0.533. The molecule has 21 heavy (non-hydrogen) atoms. The van der Waals surface area contributed by atoms with E-state index in [-0.39, 0.29) is 10.8 Å². The molecule has 0 aliphatic rings. The highest BCUT2D eigenvalue weighted by atomic mass is 35.7. The van der Waals surface area contributed by atoms with E-state index in [1.807, 2.05) is 0 Å². The van der Waals surface area contributed by atoms with E-state index in [1.54, 1.807) is 0 Å². The van der Waals surface area contributed by atoms with Crippen molar-refractivity contribution in [3.05, 3.63) is 29.8 Å². The molecule has 0 atom stereocenters. The van der Waals surface area contributed by atoms with Crippen LogP contribution < -0.4 is 5.32 Å². The zero-order chi connectivity index (χ0) is 15.7. The number of hydrogen-bond donors (Lipinski definition) is 1. The Morgan fingerprint density at radius 1 is 1.05 bits per heavy atom. The van der Waals surface area contributed by atoms with Gasteiger partial charge in [0.25, 0.3) is 15.0 Å². The predicted octanol–water partition coefficient (Wildman–Crippen LogP) is 3.70. The minimum atomic E-state index is -3.74. The van der Waals surface area contributed by atoms with Gasteiger partial charge in [-0.3, -0.25) is 4.79 Å². The molecular formula is C15H22ClNO3S. The summed E-state index contributed by atoms with van der Waals surface area (Å²) in [5.74, 6) is -0.193. The zero-order valence-corrected chi connectivity index (χ0v) is 13.8. The molecule has 0 saturated carbocycles. The van der Waals surface area contributed by atoms with Crippen LogP contribution in [0.25, 0.3) is 0 Å². The van der Waals surface area contributed by atoms with Crippen LogP contribution in [-0.2, 0) is 9.05 Å². The molecule has 0 fully saturated rings. The fourth-order valence-corrected chi connectivity index (χ4v) is 2.75. The molecule has 1 aromatic carbocycles. The summed E-state index contributed by atoms with van der Waals surface area (Å²) < 4.78 is 22.2. The quantitative estimate of drug-likeness (QED) is 0.554. The Labute approximate surface area is 131 Å². The maximum Gasteiger partial charge on any atom is 0.261 e. The lowest BCUT2D eigenvalue weighted by molar-refractivity contribution is 0.0953. The Morgan fingerprint density at radius 2 is 1.62 bits per heavy atom. The van der Waals surface area contributed by atoms with E-state index in [1.165, 1.54) is 49.9 Å². The van der Waals surface area contributed by atoms with Crippen LogP contribution in [0.5, 0.6) is 0 Å². The van der Waals surface area contributed by atoms with Crippen molar-refractivity contribution in [3.8, 4) is 0 Å². The Balaban J connectivity index is 2.32. The Hall–Kier alpha value is -1.07. The highest BCUT2D eigenvalue weighted by Crippen LogP contribution is 2.15. The van der Waals surface area contributed by atoms with Crippen LogP contribution in [0.4, 0.5) is 0 Å². The Bertz CT molecular complexity index is 541. The largest absolute Gasteiger partial charge is 0.352 e. The third kappa shape index (κ3) is 6.96. The summed E-state index contributed by atoms with van der Waals surface area (Å²) in [6.07, 6.45) is 7.02. The van der Waals surface area contributed by atoms with Crippen LogP contribution in [0, 0.1) is 0 Å². The van der Waals surface area contributed by atoms with Gasteiger partial charge in [-0.05, 0) is 30.7 Å². The van der Waals surface area contributed by atoms with Gasteiger partial charge in [0.05, 0.1) is 4.90 Å². The number of carbonyl (C=O) groups excluding carboxylic acids is 1. The topological polar surface area (TPSA) is 63.2 Å². The normalized spacial score (nSPS) is 11.3. The molecule has 1 N–H and O–H groups in total. The van der Waals surface area contributed by atoms with Crippen LogP contribution in [0.3, 0.4) is 0 Å². The Kier molecular flexibility index (Phi) is 7.75. The summed E-state index contributed by atoms with van der Waals surface area (Å²) in [6, 6.07) is 5.60. The summed E-state index contributed by atoms with van der Waals surface area (Å²) in [6.45, 7) is 2.82. The lowest BCUT2D eigenvalue weighted by atomic mass is 10.1. The number of unbranched alkanes of at least 4 members (excludes halogenated alkanes) is 5. The van der Waals surface area contributed by atoms with Gasteiger partial charge in [0, 0.05) is 22.8 Å². The maximum atomic E-state index is 11.8. The number of halogens is 1. The molecule has 0 aliphatic heterocycles. The van der Waals surface area contributed by atoms with Gasteiger partial charge in [-0.25, -0.2) is 8.42 Å². The van der Waals surface area contributed by atoms with Crippen LogP contribution in [0.2, 0.25) is 0 Å². The SMILES string of the molecule is CCCCCCCCNC(=O)c1ccc(S(=O)(=O)Cl)cc1. The molecule has 118 valence electrons. The van der Waals surface area contributed by atoms with E-state index in [2.05, 4.69) is 12.2 Å². The van der Waals surface area contributed by atoms with Crippen molar-refractivity contribution in [1.29, 1.82) is 0 Å². The molecule has 0 bridgehead atoms. The number of nitrogens with one attached hydrogen (secondary N) is 1. The van der Waals surface area contributed by atoms with E-state index < -0.39 is 9.05 Å². The number of carbonyl (C=O) groups is 1. The van der Waals surface area contributed by atoms with Gasteiger partial charge >= 0.3 is 0 Å². The maximum absolute atomic E-state index is 11.8. The van der Waals surface area contributed by atoms with Gasteiger partial charge in [0.1, 0.15) is 0 Å². The standard InChI is InChI=1S/C15H22ClNO3S/c1-2-3-4-5-6-7-12-17-15(18)13-8-10-14(11-9-13)21(16,19)20/h8-11H,2-7,12H2,1H3,(H,17,18). The number of benzene rings is 1. The van der Waals surface area contributed by atoms with Gasteiger partial charge < -0.3 is 5.32 Å². The molecule has 4 nitrogen and oxygen atoms in total. The summed E-state index contributed by atoms with van der Waals surface area (Å²) in [4.78, 5) is 11.8. The molecule has 0 saturated heterocycles. The predicted molar refractivity (Wildman–Crippen MR) is 85.2 cm³/mol. The molecule has 0 radical (unpaired) electrons. The number of rotatable bonds is 9. The average Bonchev–Trinajstić information content (AvgIpc) is 2.45. The molecule has 1 rings (SSSR count). The monoisotopic (exact) mass is 331 g/mol. The van der Waals surface area contributed by atoms with Gasteiger partial charge in [-0.15, -0.1) is 0 Å². The molecular weight excluding hydrogens is 310 g/mol. The van der Waals surface area contributed by atoms with Crippen molar-refractivity contribution in [2.45, 2.75) is 50.3 Å². The lowest BCUT2D eigenvalue weighted by Gasteiger charge is -2.05. The lowest BCUT2D eigenvalue weighted by Crippen LogP contribution is -2.24. The average molecular weight is 332 g/mol. The van der Waals surface area contributed by atoms with Crippen LogP contribution in [0.15, 0.2) is 29.2 Å². The minimum absolute atomic E-state index is 0.00311. The molecule has 0 aromatic heterocycles. The van der Waals surface area contributed by atoms with Crippen molar-refractivity contribution in [3.63, 3.8) is 0 Å². The first-order chi connectivity index (χ1) is 9.95. The smallest absolute Gasteiger partial charge is 0.261 e.